The minimum Gasteiger partial charge on any atom is -0.395 e. The third-order valence-corrected chi connectivity index (χ3v) is 4.47. The molecule has 5 heteroatoms. The van der Waals surface area contributed by atoms with Crippen molar-refractivity contribution in [2.24, 2.45) is 5.73 Å². The number of rotatable bonds is 12. The normalized spacial score (nSPS) is 14.0. The first-order valence-corrected chi connectivity index (χ1v) is 9.17. The molecule has 0 bridgehead atoms. The maximum atomic E-state index is 10.0. The van der Waals surface area contributed by atoms with Gasteiger partial charge in [-0.1, -0.05) is 63.5 Å². The van der Waals surface area contributed by atoms with Crippen LogP contribution in [0.5, 0.6) is 0 Å². The highest BCUT2D eigenvalue weighted by atomic mass is 35.5. The molecule has 1 heterocycles. The quantitative estimate of drug-likeness (QED) is 0.505. The molecule has 0 aliphatic carbocycles. The molecule has 0 aliphatic heterocycles. The van der Waals surface area contributed by atoms with Crippen molar-refractivity contribution in [3.63, 3.8) is 0 Å². The fraction of sp³-hybridized carbons (Fsp3) is 0.722. The van der Waals surface area contributed by atoms with Crippen LogP contribution in [0.15, 0.2) is 12.1 Å². The van der Waals surface area contributed by atoms with Crippen molar-refractivity contribution in [1.82, 2.24) is 4.98 Å². The molecule has 0 fully saturated rings. The zero-order valence-corrected chi connectivity index (χ0v) is 14.9. The highest BCUT2D eigenvalue weighted by molar-refractivity contribution is 6.31. The third kappa shape index (κ3) is 7.62. The highest BCUT2D eigenvalue weighted by Crippen LogP contribution is 2.21. The predicted octanol–water partition coefficient (Wildman–Crippen LogP) is 3.77. The number of hydrogen-bond donors (Lipinski definition) is 3. The number of aliphatic hydroxyl groups is 2. The fourth-order valence-corrected chi connectivity index (χ4v) is 2.79. The van der Waals surface area contributed by atoms with Gasteiger partial charge in [0.1, 0.15) is 6.10 Å². The summed E-state index contributed by atoms with van der Waals surface area (Å²) in [5.41, 5.74) is 6.94. The standard InChI is InChI=1S/C18H31ClN2O2/c1-2-3-4-5-6-7-8-9-10-16-14(19)11-12-17(21-16)18(23)15(20)13-22/h11-12,15,18,22-23H,2-10,13,20H2,1H3. The molecule has 23 heavy (non-hydrogen) atoms. The SMILES string of the molecule is CCCCCCCCCCc1nc(C(O)C(N)CO)ccc1Cl. The molecule has 0 amide bonds. The Balaban J connectivity index is 2.38. The highest BCUT2D eigenvalue weighted by Gasteiger charge is 2.18. The number of nitrogens with two attached hydrogens (primary N) is 1. The van der Waals surface area contributed by atoms with Gasteiger partial charge in [-0.05, 0) is 25.0 Å². The Labute approximate surface area is 145 Å². The second-order valence-electron chi connectivity index (χ2n) is 6.18. The number of nitrogens with zero attached hydrogens (tertiary/aromatic N) is 1. The molecule has 1 rings (SSSR count). The molecule has 4 N–H and O–H groups in total. The summed E-state index contributed by atoms with van der Waals surface area (Å²) in [6, 6.07) is 2.69. The maximum Gasteiger partial charge on any atom is 0.113 e. The van der Waals surface area contributed by atoms with Crippen molar-refractivity contribution in [1.29, 1.82) is 0 Å². The molecule has 0 saturated heterocycles. The van der Waals surface area contributed by atoms with E-state index in [1.807, 2.05) is 0 Å². The molecule has 0 aliphatic rings. The Hall–Kier alpha value is -0.680. The van der Waals surface area contributed by atoms with Gasteiger partial charge in [0.2, 0.25) is 0 Å². The minimum atomic E-state index is -0.963. The van der Waals surface area contributed by atoms with Gasteiger partial charge >= 0.3 is 0 Å². The van der Waals surface area contributed by atoms with Crippen LogP contribution in [0.1, 0.15) is 75.8 Å². The molecular weight excluding hydrogens is 312 g/mol. The Bertz CT molecular complexity index is 443. The lowest BCUT2D eigenvalue weighted by Crippen LogP contribution is -2.32. The van der Waals surface area contributed by atoms with Crippen molar-refractivity contribution < 1.29 is 10.2 Å². The van der Waals surface area contributed by atoms with Crippen LogP contribution < -0.4 is 5.73 Å². The number of pyridine rings is 1. The number of aromatic nitrogens is 1. The van der Waals surface area contributed by atoms with Gasteiger partial charge in [-0.3, -0.25) is 4.98 Å². The van der Waals surface area contributed by atoms with Gasteiger partial charge in [-0.15, -0.1) is 0 Å². The molecular formula is C18H31ClN2O2. The van der Waals surface area contributed by atoms with Gasteiger partial charge in [0.25, 0.3) is 0 Å². The molecule has 2 atom stereocenters. The summed E-state index contributed by atoms with van der Waals surface area (Å²) >= 11 is 6.19. The van der Waals surface area contributed by atoms with E-state index in [-0.39, 0.29) is 6.61 Å². The number of halogens is 1. The van der Waals surface area contributed by atoms with E-state index in [9.17, 15) is 5.11 Å². The second kappa shape index (κ2) is 11.8. The summed E-state index contributed by atoms with van der Waals surface area (Å²) in [6.45, 7) is 1.95. The van der Waals surface area contributed by atoms with Gasteiger partial charge in [0, 0.05) is 0 Å². The van der Waals surface area contributed by atoms with Gasteiger partial charge in [0.15, 0.2) is 0 Å². The summed E-state index contributed by atoms with van der Waals surface area (Å²) in [6.07, 6.45) is 9.90. The van der Waals surface area contributed by atoms with E-state index in [1.165, 1.54) is 44.9 Å². The Morgan fingerprint density at radius 2 is 1.70 bits per heavy atom. The Morgan fingerprint density at radius 1 is 1.09 bits per heavy atom. The first-order valence-electron chi connectivity index (χ1n) is 8.80. The van der Waals surface area contributed by atoms with Crippen LogP contribution in [0.4, 0.5) is 0 Å². The van der Waals surface area contributed by atoms with Gasteiger partial charge in [0.05, 0.1) is 29.1 Å². The molecule has 132 valence electrons. The summed E-state index contributed by atoms with van der Waals surface area (Å²) in [7, 11) is 0. The topological polar surface area (TPSA) is 79.4 Å². The first kappa shape index (κ1) is 20.4. The summed E-state index contributed by atoms with van der Waals surface area (Å²) in [4.78, 5) is 4.43. The first-order chi connectivity index (χ1) is 11.1. The predicted molar refractivity (Wildman–Crippen MR) is 95.6 cm³/mol. The average molecular weight is 343 g/mol. The largest absolute Gasteiger partial charge is 0.395 e. The van der Waals surface area contributed by atoms with Crippen LogP contribution in [-0.4, -0.2) is 27.8 Å². The van der Waals surface area contributed by atoms with Crippen LogP contribution in [0.2, 0.25) is 5.02 Å². The third-order valence-electron chi connectivity index (χ3n) is 4.13. The van der Waals surface area contributed by atoms with Crippen LogP contribution in [0.25, 0.3) is 0 Å². The zero-order chi connectivity index (χ0) is 17.1. The Kier molecular flexibility index (Phi) is 10.4. The fourth-order valence-electron chi connectivity index (χ4n) is 2.59. The van der Waals surface area contributed by atoms with Crippen LogP contribution in [-0.2, 0) is 6.42 Å². The van der Waals surface area contributed by atoms with Crippen molar-refractivity contribution >= 4 is 11.6 Å². The second-order valence-corrected chi connectivity index (χ2v) is 6.59. The molecule has 4 nitrogen and oxygen atoms in total. The lowest BCUT2D eigenvalue weighted by molar-refractivity contribution is 0.106. The zero-order valence-electron chi connectivity index (χ0n) is 14.2. The average Bonchev–Trinajstić information content (AvgIpc) is 2.57. The van der Waals surface area contributed by atoms with Crippen molar-refractivity contribution in [2.45, 2.75) is 76.9 Å². The monoisotopic (exact) mass is 342 g/mol. The Morgan fingerprint density at radius 3 is 2.30 bits per heavy atom. The lowest BCUT2D eigenvalue weighted by atomic mass is 10.1. The number of aryl methyl sites for hydroxylation is 1. The molecule has 0 spiro atoms. The van der Waals surface area contributed by atoms with E-state index in [0.29, 0.717) is 10.7 Å². The van der Waals surface area contributed by atoms with E-state index in [0.717, 1.165) is 18.5 Å². The van der Waals surface area contributed by atoms with E-state index in [1.54, 1.807) is 12.1 Å². The summed E-state index contributed by atoms with van der Waals surface area (Å²) in [5, 5.41) is 19.7. The summed E-state index contributed by atoms with van der Waals surface area (Å²) in [5.74, 6) is 0. The molecule has 1 aromatic rings. The van der Waals surface area contributed by atoms with Gasteiger partial charge in [-0.25, -0.2) is 0 Å². The van der Waals surface area contributed by atoms with E-state index in [4.69, 9.17) is 22.4 Å². The van der Waals surface area contributed by atoms with Crippen LogP contribution >= 0.6 is 11.6 Å². The molecule has 0 aromatic carbocycles. The number of aliphatic hydroxyl groups excluding tert-OH is 2. The molecule has 0 saturated carbocycles. The number of unbranched alkanes of at least 4 members (excludes halogenated alkanes) is 7. The van der Waals surface area contributed by atoms with E-state index < -0.39 is 12.1 Å². The van der Waals surface area contributed by atoms with Crippen molar-refractivity contribution in [2.75, 3.05) is 6.61 Å². The van der Waals surface area contributed by atoms with Crippen LogP contribution in [0.3, 0.4) is 0 Å². The summed E-state index contributed by atoms with van der Waals surface area (Å²) < 4.78 is 0. The van der Waals surface area contributed by atoms with Gasteiger partial charge < -0.3 is 15.9 Å². The smallest absolute Gasteiger partial charge is 0.113 e. The van der Waals surface area contributed by atoms with Gasteiger partial charge in [-0.2, -0.15) is 0 Å². The van der Waals surface area contributed by atoms with Crippen LogP contribution in [0, 0.1) is 0 Å². The molecule has 1 aromatic heterocycles. The maximum absolute atomic E-state index is 10.0. The van der Waals surface area contributed by atoms with E-state index >= 15 is 0 Å². The molecule has 0 radical (unpaired) electrons. The lowest BCUT2D eigenvalue weighted by Gasteiger charge is -2.17. The molecule has 2 unspecified atom stereocenters. The number of hydrogen-bond acceptors (Lipinski definition) is 4. The van der Waals surface area contributed by atoms with Crippen molar-refractivity contribution in [3.05, 3.63) is 28.5 Å². The van der Waals surface area contributed by atoms with Crippen molar-refractivity contribution in [3.8, 4) is 0 Å². The minimum absolute atomic E-state index is 0.279. The van der Waals surface area contributed by atoms with E-state index in [2.05, 4.69) is 11.9 Å².